The number of furan rings is 1. The number of hydrogen-bond acceptors (Lipinski definition) is 7. The first-order valence-corrected chi connectivity index (χ1v) is 12.4. The molecule has 162 valence electrons. The Morgan fingerprint density at radius 2 is 1.97 bits per heavy atom. The Morgan fingerprint density at radius 1 is 1.23 bits per heavy atom. The van der Waals surface area contributed by atoms with Crippen LogP contribution in [0.2, 0.25) is 0 Å². The van der Waals surface area contributed by atoms with Crippen molar-refractivity contribution < 1.29 is 27.2 Å². The molecule has 0 bridgehead atoms. The van der Waals surface area contributed by atoms with Gasteiger partial charge in [0.05, 0.1) is 12.2 Å². The zero-order valence-corrected chi connectivity index (χ0v) is 18.3. The minimum absolute atomic E-state index is 0.123. The lowest BCUT2D eigenvalue weighted by Gasteiger charge is -2.24. The molecule has 0 atom stereocenters. The van der Waals surface area contributed by atoms with Crippen LogP contribution < -0.4 is 5.32 Å². The van der Waals surface area contributed by atoms with Gasteiger partial charge >= 0.3 is 5.97 Å². The van der Waals surface area contributed by atoms with E-state index in [0.717, 1.165) is 37.7 Å². The normalized spacial score (nSPS) is 17.6. The number of nitrogens with one attached hydrogen (secondary N) is 1. The van der Waals surface area contributed by atoms with Gasteiger partial charge in [-0.05, 0) is 61.6 Å². The molecular formula is C20H24N2O6S2. The highest BCUT2D eigenvalue weighted by atomic mass is 32.2. The van der Waals surface area contributed by atoms with Crippen LogP contribution in [0.15, 0.2) is 27.0 Å². The average Bonchev–Trinajstić information content (AvgIpc) is 3.29. The molecule has 1 amide bonds. The van der Waals surface area contributed by atoms with Crippen LogP contribution in [0.5, 0.6) is 0 Å². The van der Waals surface area contributed by atoms with Crippen molar-refractivity contribution in [3.05, 3.63) is 34.4 Å². The van der Waals surface area contributed by atoms with E-state index in [4.69, 9.17) is 9.15 Å². The topological polar surface area (TPSA) is 106 Å². The summed E-state index contributed by atoms with van der Waals surface area (Å²) in [5, 5.41) is 4.70. The van der Waals surface area contributed by atoms with Crippen molar-refractivity contribution in [1.29, 1.82) is 0 Å². The standard InChI is InChI=1S/C20H24N2O6S2/c1-2-27-20(24)17-14(13-6-7-13)12-29-19(17)21-18(23)15-8-9-16(28-15)30(25,26)22-10-4-3-5-11-22/h8-9,12-13H,2-7,10-11H2,1H3,(H,21,23). The number of thiophene rings is 1. The minimum atomic E-state index is -3.76. The summed E-state index contributed by atoms with van der Waals surface area (Å²) in [6.45, 7) is 2.87. The summed E-state index contributed by atoms with van der Waals surface area (Å²) in [6.07, 6.45) is 4.64. The van der Waals surface area contributed by atoms with E-state index in [1.807, 2.05) is 5.38 Å². The van der Waals surface area contributed by atoms with Gasteiger partial charge in [-0.15, -0.1) is 11.3 Å². The Kier molecular flexibility index (Phi) is 5.99. The van der Waals surface area contributed by atoms with Gasteiger partial charge in [-0.3, -0.25) is 4.79 Å². The van der Waals surface area contributed by atoms with Crippen LogP contribution in [0.4, 0.5) is 5.00 Å². The lowest BCUT2D eigenvalue weighted by atomic mass is 10.1. The summed E-state index contributed by atoms with van der Waals surface area (Å²) < 4.78 is 37.4. The number of esters is 1. The number of amides is 1. The fourth-order valence-corrected chi connectivity index (χ4v) is 6.00. The van der Waals surface area contributed by atoms with Crippen molar-refractivity contribution >= 4 is 38.2 Å². The Labute approximate surface area is 179 Å². The number of rotatable bonds is 7. The number of hydrogen-bond donors (Lipinski definition) is 1. The Bertz CT molecular complexity index is 1050. The maximum absolute atomic E-state index is 12.7. The van der Waals surface area contributed by atoms with Crippen LogP contribution in [0.3, 0.4) is 0 Å². The molecule has 30 heavy (non-hydrogen) atoms. The number of carbonyl (C=O) groups is 2. The van der Waals surface area contributed by atoms with Gasteiger partial charge in [-0.2, -0.15) is 4.31 Å². The number of ether oxygens (including phenoxy) is 1. The highest BCUT2D eigenvalue weighted by Gasteiger charge is 2.33. The molecule has 1 N–H and O–H groups in total. The number of piperidine rings is 1. The Morgan fingerprint density at radius 3 is 2.63 bits per heavy atom. The van der Waals surface area contributed by atoms with Crippen molar-refractivity contribution in [3.8, 4) is 0 Å². The second-order valence-corrected chi connectivity index (χ2v) is 10.2. The van der Waals surface area contributed by atoms with Gasteiger partial charge in [-0.25, -0.2) is 13.2 Å². The van der Waals surface area contributed by atoms with E-state index in [-0.39, 0.29) is 17.5 Å². The van der Waals surface area contributed by atoms with Gasteiger partial charge < -0.3 is 14.5 Å². The number of anilines is 1. The van der Waals surface area contributed by atoms with Crippen molar-refractivity contribution in [3.63, 3.8) is 0 Å². The molecule has 0 radical (unpaired) electrons. The summed E-state index contributed by atoms with van der Waals surface area (Å²) in [5.74, 6) is -0.883. The van der Waals surface area contributed by atoms with Gasteiger partial charge in [0.15, 0.2) is 5.76 Å². The largest absolute Gasteiger partial charge is 0.462 e. The van der Waals surface area contributed by atoms with Crippen LogP contribution in [0.1, 0.15) is 71.4 Å². The summed E-state index contributed by atoms with van der Waals surface area (Å²) in [4.78, 5) is 25.1. The first-order valence-electron chi connectivity index (χ1n) is 10.1. The van der Waals surface area contributed by atoms with Gasteiger partial charge in [0.25, 0.3) is 15.9 Å². The Hall–Kier alpha value is -2.17. The molecule has 4 rings (SSSR count). The van der Waals surface area contributed by atoms with E-state index < -0.39 is 21.9 Å². The lowest BCUT2D eigenvalue weighted by molar-refractivity contribution is 0.0527. The zero-order valence-electron chi connectivity index (χ0n) is 16.7. The molecule has 0 unspecified atom stereocenters. The molecule has 1 saturated carbocycles. The quantitative estimate of drug-likeness (QED) is 0.640. The molecule has 0 spiro atoms. The SMILES string of the molecule is CCOC(=O)c1c(C2CC2)csc1NC(=O)c1ccc(S(=O)(=O)N2CCCCC2)o1. The van der Waals surface area contributed by atoms with E-state index in [9.17, 15) is 18.0 Å². The molecular weight excluding hydrogens is 428 g/mol. The monoisotopic (exact) mass is 452 g/mol. The van der Waals surface area contributed by atoms with Crippen molar-refractivity contribution in [1.82, 2.24) is 4.31 Å². The fourth-order valence-electron chi connectivity index (χ4n) is 3.55. The second kappa shape index (κ2) is 8.52. The van der Waals surface area contributed by atoms with Crippen LogP contribution in [0.25, 0.3) is 0 Å². The molecule has 1 aliphatic carbocycles. The summed E-state index contributed by atoms with van der Waals surface area (Å²) >= 11 is 1.26. The molecule has 1 saturated heterocycles. The predicted octanol–water partition coefficient (Wildman–Crippen LogP) is 3.82. The van der Waals surface area contributed by atoms with Crippen LogP contribution in [0, 0.1) is 0 Å². The first kappa shape index (κ1) is 21.1. The molecule has 2 aliphatic rings. The average molecular weight is 453 g/mol. The summed E-state index contributed by atoms with van der Waals surface area (Å²) in [7, 11) is -3.76. The van der Waals surface area contributed by atoms with E-state index in [1.54, 1.807) is 6.92 Å². The third kappa shape index (κ3) is 4.17. The fraction of sp³-hybridized carbons (Fsp3) is 0.500. The third-order valence-electron chi connectivity index (χ3n) is 5.26. The van der Waals surface area contributed by atoms with Crippen LogP contribution in [-0.2, 0) is 14.8 Å². The van der Waals surface area contributed by atoms with E-state index in [2.05, 4.69) is 5.32 Å². The molecule has 2 aromatic rings. The van der Waals surface area contributed by atoms with Crippen LogP contribution in [-0.4, -0.2) is 44.3 Å². The smallest absolute Gasteiger partial charge is 0.341 e. The minimum Gasteiger partial charge on any atom is -0.462 e. The number of carbonyl (C=O) groups excluding carboxylic acids is 2. The van der Waals surface area contributed by atoms with E-state index in [1.165, 1.54) is 27.8 Å². The van der Waals surface area contributed by atoms with E-state index in [0.29, 0.717) is 29.6 Å². The van der Waals surface area contributed by atoms with Crippen molar-refractivity contribution in [2.45, 2.75) is 50.0 Å². The molecule has 1 aliphatic heterocycles. The third-order valence-corrected chi connectivity index (χ3v) is 7.94. The zero-order chi connectivity index (χ0) is 21.3. The summed E-state index contributed by atoms with van der Waals surface area (Å²) in [5.41, 5.74) is 1.27. The highest BCUT2D eigenvalue weighted by Crippen LogP contribution is 2.46. The van der Waals surface area contributed by atoms with Gasteiger partial charge in [0.2, 0.25) is 5.09 Å². The second-order valence-electron chi connectivity index (χ2n) is 7.43. The van der Waals surface area contributed by atoms with Gasteiger partial charge in [0, 0.05) is 13.1 Å². The number of sulfonamides is 1. The van der Waals surface area contributed by atoms with Crippen LogP contribution >= 0.6 is 11.3 Å². The van der Waals surface area contributed by atoms with Crippen molar-refractivity contribution in [2.75, 3.05) is 25.0 Å². The highest BCUT2D eigenvalue weighted by molar-refractivity contribution is 7.89. The maximum atomic E-state index is 12.7. The molecule has 2 aromatic heterocycles. The predicted molar refractivity (Wildman–Crippen MR) is 112 cm³/mol. The number of nitrogens with zero attached hydrogens (tertiary/aromatic N) is 1. The van der Waals surface area contributed by atoms with Gasteiger partial charge in [0.1, 0.15) is 5.00 Å². The molecule has 8 nitrogen and oxygen atoms in total. The van der Waals surface area contributed by atoms with Gasteiger partial charge in [-0.1, -0.05) is 6.42 Å². The first-order chi connectivity index (χ1) is 14.4. The molecule has 3 heterocycles. The molecule has 10 heteroatoms. The van der Waals surface area contributed by atoms with E-state index >= 15 is 0 Å². The lowest BCUT2D eigenvalue weighted by Crippen LogP contribution is -2.35. The Balaban J connectivity index is 1.53. The van der Waals surface area contributed by atoms with Crippen molar-refractivity contribution in [2.24, 2.45) is 0 Å². The molecule has 2 fully saturated rings. The maximum Gasteiger partial charge on any atom is 0.341 e. The summed E-state index contributed by atoms with van der Waals surface area (Å²) in [6, 6.07) is 2.64. The molecule has 0 aromatic carbocycles.